The molecule has 0 aromatic heterocycles. The summed E-state index contributed by atoms with van der Waals surface area (Å²) in [6, 6.07) is 0. The van der Waals surface area contributed by atoms with Gasteiger partial charge >= 0.3 is 6.18 Å². The van der Waals surface area contributed by atoms with E-state index in [1.54, 1.807) is 0 Å². The van der Waals surface area contributed by atoms with E-state index in [9.17, 15) is 18.0 Å². The maximum Gasteiger partial charge on any atom is 0.415 e. The van der Waals surface area contributed by atoms with Gasteiger partial charge in [-0.15, -0.1) is 0 Å². The highest BCUT2D eigenvalue weighted by Crippen LogP contribution is 2.30. The number of rotatable bonds is 3. The van der Waals surface area contributed by atoms with Gasteiger partial charge in [-0.05, 0) is 31.6 Å². The van der Waals surface area contributed by atoms with Gasteiger partial charge in [-0.3, -0.25) is 4.79 Å². The lowest BCUT2D eigenvalue weighted by Crippen LogP contribution is -2.61. The molecule has 0 aromatic carbocycles. The molecule has 3 unspecified atom stereocenters. The summed E-state index contributed by atoms with van der Waals surface area (Å²) in [5.74, 6) is -0.303. The third kappa shape index (κ3) is 3.60. The summed E-state index contributed by atoms with van der Waals surface area (Å²) < 4.78 is 37.6. The molecule has 0 heterocycles. The molecule has 1 fully saturated rings. The molecule has 0 aromatic rings. The van der Waals surface area contributed by atoms with Gasteiger partial charge in [0.05, 0.1) is 0 Å². The van der Waals surface area contributed by atoms with E-state index in [4.69, 9.17) is 5.73 Å². The molecule has 6 heteroatoms. The number of carbonyl (C=O) groups is 1. The Bertz CT molecular complexity index is 302. The van der Waals surface area contributed by atoms with Gasteiger partial charge in [0.15, 0.2) is 5.54 Å². The van der Waals surface area contributed by atoms with Crippen LogP contribution in [-0.4, -0.2) is 24.2 Å². The number of nitrogens with one attached hydrogen (secondary N) is 1. The molecule has 3 N–H and O–H groups in total. The summed E-state index contributed by atoms with van der Waals surface area (Å²) in [5.41, 5.74) is 2.23. The fourth-order valence-electron chi connectivity index (χ4n) is 2.29. The molecule has 0 radical (unpaired) electrons. The Labute approximate surface area is 105 Å². The number of amides is 1. The molecule has 106 valence electrons. The Balaban J connectivity index is 2.46. The van der Waals surface area contributed by atoms with Crippen LogP contribution in [0.1, 0.15) is 39.5 Å². The second-order valence-corrected chi connectivity index (χ2v) is 5.55. The number of halogens is 3. The maximum absolute atomic E-state index is 12.5. The molecule has 0 aliphatic heterocycles. The van der Waals surface area contributed by atoms with Crippen LogP contribution in [0.4, 0.5) is 13.2 Å². The van der Waals surface area contributed by atoms with Crippen LogP contribution in [0.2, 0.25) is 0 Å². The van der Waals surface area contributed by atoms with E-state index >= 15 is 0 Å². The zero-order valence-corrected chi connectivity index (χ0v) is 10.8. The number of hydrogen-bond donors (Lipinski definition) is 2. The van der Waals surface area contributed by atoms with E-state index in [2.05, 4.69) is 12.2 Å². The lowest BCUT2D eigenvalue weighted by molar-refractivity contribution is -0.187. The van der Waals surface area contributed by atoms with E-state index in [1.165, 1.54) is 0 Å². The Hall–Kier alpha value is -0.780. The van der Waals surface area contributed by atoms with Crippen LogP contribution in [0, 0.1) is 11.8 Å². The second kappa shape index (κ2) is 5.47. The minimum Gasteiger partial charge on any atom is -0.354 e. The van der Waals surface area contributed by atoms with Crippen molar-refractivity contribution >= 4 is 5.91 Å². The SMILES string of the molecule is CC1CCCC(CNC(=O)C(C)(N)C(F)(F)F)C1. The quantitative estimate of drug-likeness (QED) is 0.823. The van der Waals surface area contributed by atoms with E-state index < -0.39 is 17.6 Å². The van der Waals surface area contributed by atoms with Crippen molar-refractivity contribution in [2.75, 3.05) is 6.54 Å². The molecule has 0 spiro atoms. The van der Waals surface area contributed by atoms with Crippen molar-refractivity contribution in [3.63, 3.8) is 0 Å². The van der Waals surface area contributed by atoms with Crippen LogP contribution >= 0.6 is 0 Å². The van der Waals surface area contributed by atoms with Gasteiger partial charge in [-0.25, -0.2) is 0 Å². The Kier molecular flexibility index (Phi) is 4.64. The summed E-state index contributed by atoms with van der Waals surface area (Å²) in [4.78, 5) is 11.5. The highest BCUT2D eigenvalue weighted by Gasteiger charge is 2.53. The first-order valence-electron chi connectivity index (χ1n) is 6.28. The summed E-state index contributed by atoms with van der Waals surface area (Å²) >= 11 is 0. The molecule has 1 aliphatic carbocycles. The molecule has 1 amide bonds. The molecular formula is C12H21F3N2O. The van der Waals surface area contributed by atoms with Gasteiger partial charge in [-0.1, -0.05) is 19.8 Å². The predicted octanol–water partition coefficient (Wildman–Crippen LogP) is 2.21. The van der Waals surface area contributed by atoms with E-state index in [0.717, 1.165) is 25.7 Å². The van der Waals surface area contributed by atoms with Crippen molar-refractivity contribution in [3.05, 3.63) is 0 Å². The fourth-order valence-corrected chi connectivity index (χ4v) is 2.29. The molecule has 18 heavy (non-hydrogen) atoms. The highest BCUT2D eigenvalue weighted by atomic mass is 19.4. The summed E-state index contributed by atoms with van der Waals surface area (Å²) in [6.07, 6.45) is -0.592. The van der Waals surface area contributed by atoms with Crippen LogP contribution in [0.25, 0.3) is 0 Å². The molecule has 1 aliphatic rings. The number of carbonyl (C=O) groups excluding carboxylic acids is 1. The molecule has 1 rings (SSSR count). The van der Waals surface area contributed by atoms with Crippen LogP contribution in [0.3, 0.4) is 0 Å². The summed E-state index contributed by atoms with van der Waals surface area (Å²) in [6.45, 7) is 3.11. The highest BCUT2D eigenvalue weighted by molar-refractivity contribution is 5.86. The van der Waals surface area contributed by atoms with Crippen LogP contribution < -0.4 is 11.1 Å². The number of nitrogens with two attached hydrogens (primary N) is 1. The van der Waals surface area contributed by atoms with Crippen molar-refractivity contribution < 1.29 is 18.0 Å². The topological polar surface area (TPSA) is 55.1 Å². The zero-order valence-electron chi connectivity index (χ0n) is 10.8. The molecular weight excluding hydrogens is 245 g/mol. The van der Waals surface area contributed by atoms with Crippen LogP contribution in [0.5, 0.6) is 0 Å². The fraction of sp³-hybridized carbons (Fsp3) is 0.917. The maximum atomic E-state index is 12.5. The van der Waals surface area contributed by atoms with E-state index in [-0.39, 0.29) is 12.5 Å². The summed E-state index contributed by atoms with van der Waals surface area (Å²) in [5, 5.41) is 2.34. The molecule has 3 atom stereocenters. The lowest BCUT2D eigenvalue weighted by atomic mass is 9.82. The first kappa shape index (κ1) is 15.3. The van der Waals surface area contributed by atoms with Crippen LogP contribution in [0.15, 0.2) is 0 Å². The second-order valence-electron chi connectivity index (χ2n) is 5.55. The monoisotopic (exact) mass is 266 g/mol. The summed E-state index contributed by atoms with van der Waals surface area (Å²) in [7, 11) is 0. The molecule has 0 saturated heterocycles. The smallest absolute Gasteiger partial charge is 0.354 e. The molecule has 0 bridgehead atoms. The minimum absolute atomic E-state index is 0.265. The molecule has 1 saturated carbocycles. The predicted molar refractivity (Wildman–Crippen MR) is 62.8 cm³/mol. The van der Waals surface area contributed by atoms with Crippen molar-refractivity contribution in [2.45, 2.75) is 51.2 Å². The number of hydrogen-bond acceptors (Lipinski definition) is 2. The normalized spacial score (nSPS) is 28.6. The zero-order chi connectivity index (χ0) is 14.0. The first-order chi connectivity index (χ1) is 8.14. The van der Waals surface area contributed by atoms with Gasteiger partial charge in [0, 0.05) is 6.54 Å². The van der Waals surface area contributed by atoms with Gasteiger partial charge in [-0.2, -0.15) is 13.2 Å². The minimum atomic E-state index is -4.73. The third-order valence-electron chi connectivity index (χ3n) is 3.66. The Morgan fingerprint density at radius 2 is 2.00 bits per heavy atom. The Morgan fingerprint density at radius 1 is 1.39 bits per heavy atom. The molecule has 3 nitrogen and oxygen atoms in total. The first-order valence-corrected chi connectivity index (χ1v) is 6.28. The van der Waals surface area contributed by atoms with Crippen molar-refractivity contribution in [1.82, 2.24) is 5.32 Å². The van der Waals surface area contributed by atoms with Gasteiger partial charge in [0.2, 0.25) is 5.91 Å². The lowest BCUT2D eigenvalue weighted by Gasteiger charge is -2.30. The van der Waals surface area contributed by atoms with Crippen molar-refractivity contribution in [3.8, 4) is 0 Å². The average molecular weight is 266 g/mol. The van der Waals surface area contributed by atoms with E-state index in [1.807, 2.05) is 0 Å². The standard InChI is InChI=1S/C12H21F3N2O/c1-8-4-3-5-9(6-8)7-17-10(18)11(2,16)12(13,14)15/h8-9H,3-7,16H2,1-2H3,(H,17,18). The Morgan fingerprint density at radius 3 is 2.50 bits per heavy atom. The third-order valence-corrected chi connectivity index (χ3v) is 3.66. The number of alkyl halides is 3. The van der Waals surface area contributed by atoms with Crippen molar-refractivity contribution in [2.24, 2.45) is 17.6 Å². The van der Waals surface area contributed by atoms with Crippen LogP contribution in [-0.2, 0) is 4.79 Å². The average Bonchev–Trinajstić information content (AvgIpc) is 2.24. The van der Waals surface area contributed by atoms with Crippen molar-refractivity contribution in [1.29, 1.82) is 0 Å². The van der Waals surface area contributed by atoms with E-state index in [0.29, 0.717) is 12.8 Å². The van der Waals surface area contributed by atoms with Gasteiger partial charge in [0.25, 0.3) is 0 Å². The largest absolute Gasteiger partial charge is 0.415 e. The van der Waals surface area contributed by atoms with Gasteiger partial charge in [0.1, 0.15) is 0 Å². The van der Waals surface area contributed by atoms with Gasteiger partial charge < -0.3 is 11.1 Å².